The fraction of sp³-hybridized carbons (Fsp3) is 0.462. The van der Waals surface area contributed by atoms with Gasteiger partial charge in [0.1, 0.15) is 0 Å². The van der Waals surface area contributed by atoms with Gasteiger partial charge < -0.3 is 10.6 Å². The van der Waals surface area contributed by atoms with Gasteiger partial charge in [-0.25, -0.2) is 0 Å². The van der Waals surface area contributed by atoms with Crippen LogP contribution in [-0.2, 0) is 10.3 Å². The molecular weight excluding hydrogens is 236 g/mol. The summed E-state index contributed by atoms with van der Waals surface area (Å²) in [6.45, 7) is 4.48. The second-order valence-electron chi connectivity index (χ2n) is 4.13. The smallest absolute Gasteiger partial charge is 0.234 e. The lowest BCUT2D eigenvalue weighted by atomic mass is 9.89. The first-order valence-corrected chi connectivity index (χ1v) is 5.63. The molecule has 1 unspecified atom stereocenters. The molecule has 0 heterocycles. The molecule has 17 heavy (non-hydrogen) atoms. The molecule has 0 radical (unpaired) electrons. The van der Waals surface area contributed by atoms with E-state index in [1.807, 2.05) is 30.3 Å². The minimum atomic E-state index is -0.283. The van der Waals surface area contributed by atoms with Crippen molar-refractivity contribution in [1.82, 2.24) is 10.6 Å². The summed E-state index contributed by atoms with van der Waals surface area (Å²) < 4.78 is 0. The topological polar surface area (TPSA) is 41.1 Å². The molecule has 0 bridgehead atoms. The average Bonchev–Trinajstić information content (AvgIpc) is 2.30. The van der Waals surface area contributed by atoms with Crippen molar-refractivity contribution in [3.63, 3.8) is 0 Å². The van der Waals surface area contributed by atoms with Crippen LogP contribution in [0.5, 0.6) is 0 Å². The number of nitrogens with one attached hydrogen (secondary N) is 2. The molecular formula is C13H21ClN2O. The van der Waals surface area contributed by atoms with Gasteiger partial charge >= 0.3 is 0 Å². The molecule has 0 aliphatic rings. The van der Waals surface area contributed by atoms with Gasteiger partial charge in [-0.1, -0.05) is 37.3 Å². The molecule has 0 aromatic heterocycles. The second kappa shape index (κ2) is 7.30. The third kappa shape index (κ3) is 4.36. The van der Waals surface area contributed by atoms with Crippen LogP contribution in [0.15, 0.2) is 30.3 Å². The minimum absolute atomic E-state index is 0. The summed E-state index contributed by atoms with van der Waals surface area (Å²) in [5.74, 6) is 0.0238. The van der Waals surface area contributed by atoms with Crippen LogP contribution in [0.1, 0.15) is 25.8 Å². The standard InChI is InChI=1S/C13H20N2O.ClH/c1-4-13(2,15-12(16)10-14-3)11-8-6-5-7-9-11;/h5-9,14H,4,10H2,1-3H3,(H,15,16);1H. The van der Waals surface area contributed by atoms with Crippen molar-refractivity contribution in [1.29, 1.82) is 0 Å². The van der Waals surface area contributed by atoms with E-state index in [2.05, 4.69) is 24.5 Å². The van der Waals surface area contributed by atoms with Crippen LogP contribution in [-0.4, -0.2) is 19.5 Å². The highest BCUT2D eigenvalue weighted by molar-refractivity contribution is 5.85. The molecule has 0 saturated carbocycles. The number of hydrogen-bond donors (Lipinski definition) is 2. The predicted octanol–water partition coefficient (Wildman–Crippen LogP) is 2.07. The molecule has 3 nitrogen and oxygen atoms in total. The number of benzene rings is 1. The molecule has 96 valence electrons. The van der Waals surface area contributed by atoms with Gasteiger partial charge in [-0.05, 0) is 26.0 Å². The Bertz CT molecular complexity index is 343. The highest BCUT2D eigenvalue weighted by atomic mass is 35.5. The van der Waals surface area contributed by atoms with Crippen LogP contribution in [0.25, 0.3) is 0 Å². The van der Waals surface area contributed by atoms with Gasteiger partial charge in [-0.15, -0.1) is 12.4 Å². The first kappa shape index (κ1) is 15.9. The molecule has 2 N–H and O–H groups in total. The number of hydrogen-bond acceptors (Lipinski definition) is 2. The summed E-state index contributed by atoms with van der Waals surface area (Å²) in [4.78, 5) is 11.6. The molecule has 1 atom stereocenters. The summed E-state index contributed by atoms with van der Waals surface area (Å²) in [6.07, 6.45) is 0.868. The summed E-state index contributed by atoms with van der Waals surface area (Å²) in [5, 5.41) is 5.91. The zero-order chi connectivity index (χ0) is 12.0. The summed E-state index contributed by atoms with van der Waals surface area (Å²) in [5.41, 5.74) is 0.858. The van der Waals surface area contributed by atoms with Gasteiger partial charge in [0, 0.05) is 0 Å². The van der Waals surface area contributed by atoms with Crippen molar-refractivity contribution in [2.75, 3.05) is 13.6 Å². The van der Waals surface area contributed by atoms with E-state index in [1.54, 1.807) is 7.05 Å². The van der Waals surface area contributed by atoms with Crippen LogP contribution in [0, 0.1) is 0 Å². The molecule has 1 rings (SSSR count). The Kier molecular flexibility index (Phi) is 6.85. The molecule has 1 aromatic carbocycles. The molecule has 1 amide bonds. The summed E-state index contributed by atoms with van der Waals surface area (Å²) in [7, 11) is 1.77. The zero-order valence-corrected chi connectivity index (χ0v) is 11.4. The maximum atomic E-state index is 11.6. The van der Waals surface area contributed by atoms with Gasteiger partial charge in [0.05, 0.1) is 12.1 Å². The van der Waals surface area contributed by atoms with E-state index >= 15 is 0 Å². The number of carbonyl (C=O) groups excluding carboxylic acids is 1. The molecule has 1 aromatic rings. The van der Waals surface area contributed by atoms with Gasteiger partial charge in [-0.2, -0.15) is 0 Å². The molecule has 0 aliphatic heterocycles. The number of likely N-dealkylation sites (N-methyl/N-ethyl adjacent to an activating group) is 1. The van der Waals surface area contributed by atoms with Crippen LogP contribution in [0.4, 0.5) is 0 Å². The highest BCUT2D eigenvalue weighted by Gasteiger charge is 2.25. The quantitative estimate of drug-likeness (QED) is 0.847. The van der Waals surface area contributed by atoms with Crippen molar-refractivity contribution in [2.45, 2.75) is 25.8 Å². The first-order chi connectivity index (χ1) is 7.62. The van der Waals surface area contributed by atoms with Gasteiger partial charge in [0.2, 0.25) is 5.91 Å². The lowest BCUT2D eigenvalue weighted by molar-refractivity contribution is -0.122. The predicted molar refractivity (Wildman–Crippen MR) is 73.4 cm³/mol. The Morgan fingerprint density at radius 2 is 1.88 bits per heavy atom. The molecule has 0 aliphatic carbocycles. The third-order valence-electron chi connectivity index (χ3n) is 2.87. The maximum Gasteiger partial charge on any atom is 0.234 e. The summed E-state index contributed by atoms with van der Waals surface area (Å²) >= 11 is 0. The van der Waals surface area contributed by atoms with Crippen molar-refractivity contribution in [3.8, 4) is 0 Å². The van der Waals surface area contributed by atoms with E-state index in [4.69, 9.17) is 0 Å². The number of halogens is 1. The van der Waals surface area contributed by atoms with Crippen LogP contribution < -0.4 is 10.6 Å². The lowest BCUT2D eigenvalue weighted by Crippen LogP contribution is -2.46. The highest BCUT2D eigenvalue weighted by Crippen LogP contribution is 2.23. The van der Waals surface area contributed by atoms with Crippen LogP contribution >= 0.6 is 12.4 Å². The molecule has 0 saturated heterocycles. The fourth-order valence-corrected chi connectivity index (χ4v) is 1.68. The Hall–Kier alpha value is -1.06. The van der Waals surface area contributed by atoms with Crippen molar-refractivity contribution in [3.05, 3.63) is 35.9 Å². The number of rotatable bonds is 5. The fourth-order valence-electron chi connectivity index (χ4n) is 1.68. The van der Waals surface area contributed by atoms with E-state index in [1.165, 1.54) is 0 Å². The Balaban J connectivity index is 0.00000256. The Morgan fingerprint density at radius 3 is 2.35 bits per heavy atom. The van der Waals surface area contributed by atoms with Gasteiger partial charge in [-0.3, -0.25) is 4.79 Å². The third-order valence-corrected chi connectivity index (χ3v) is 2.87. The zero-order valence-electron chi connectivity index (χ0n) is 10.6. The van der Waals surface area contributed by atoms with E-state index in [9.17, 15) is 4.79 Å². The van der Waals surface area contributed by atoms with E-state index in [-0.39, 0.29) is 23.9 Å². The van der Waals surface area contributed by atoms with E-state index in [0.29, 0.717) is 6.54 Å². The summed E-state index contributed by atoms with van der Waals surface area (Å²) in [6, 6.07) is 10.1. The van der Waals surface area contributed by atoms with Crippen molar-refractivity contribution >= 4 is 18.3 Å². The molecule has 4 heteroatoms. The Labute approximate surface area is 109 Å². The lowest BCUT2D eigenvalue weighted by Gasteiger charge is -2.30. The average molecular weight is 257 g/mol. The van der Waals surface area contributed by atoms with E-state index in [0.717, 1.165) is 12.0 Å². The van der Waals surface area contributed by atoms with E-state index < -0.39 is 0 Å². The van der Waals surface area contributed by atoms with Crippen LogP contribution in [0.3, 0.4) is 0 Å². The van der Waals surface area contributed by atoms with Crippen molar-refractivity contribution in [2.24, 2.45) is 0 Å². The Morgan fingerprint density at radius 1 is 1.29 bits per heavy atom. The molecule has 0 spiro atoms. The monoisotopic (exact) mass is 256 g/mol. The van der Waals surface area contributed by atoms with Crippen LogP contribution in [0.2, 0.25) is 0 Å². The minimum Gasteiger partial charge on any atom is -0.346 e. The van der Waals surface area contributed by atoms with Gasteiger partial charge in [0.15, 0.2) is 0 Å². The SMILES string of the molecule is CCC(C)(NC(=O)CNC)c1ccccc1.Cl. The van der Waals surface area contributed by atoms with Gasteiger partial charge in [0.25, 0.3) is 0 Å². The second-order valence-corrected chi connectivity index (χ2v) is 4.13. The van der Waals surface area contributed by atoms with Crippen molar-refractivity contribution < 1.29 is 4.79 Å². The number of carbonyl (C=O) groups is 1. The first-order valence-electron chi connectivity index (χ1n) is 5.63. The molecule has 0 fully saturated rings. The largest absolute Gasteiger partial charge is 0.346 e. The normalized spacial score (nSPS) is 13.4. The maximum absolute atomic E-state index is 11.6. The number of amides is 1.